The molecular weight excluding hydrogens is 408 g/mol. The zero-order chi connectivity index (χ0) is 22.1. The Morgan fingerprint density at radius 3 is 2.56 bits per heavy atom. The number of aryl methyl sites for hydroxylation is 1. The van der Waals surface area contributed by atoms with E-state index in [-0.39, 0.29) is 11.1 Å². The molecule has 1 N–H and O–H groups in total. The van der Waals surface area contributed by atoms with E-state index in [1.54, 1.807) is 42.3 Å². The highest BCUT2D eigenvalue weighted by Crippen LogP contribution is 2.30. The third-order valence-electron chi connectivity index (χ3n) is 6.26. The summed E-state index contributed by atoms with van der Waals surface area (Å²) in [6.07, 6.45) is 9.93. The number of methoxy groups -OCH3 is 1. The number of hydrogen-bond donors (Lipinski definition) is 1. The molecule has 0 unspecified atom stereocenters. The van der Waals surface area contributed by atoms with Crippen LogP contribution in [-0.4, -0.2) is 43.0 Å². The number of rotatable bonds is 6. The van der Waals surface area contributed by atoms with Crippen LogP contribution in [0.4, 0.5) is 0 Å². The minimum atomic E-state index is -0.291. The Morgan fingerprint density at radius 2 is 1.78 bits per heavy atom. The third-order valence-corrected chi connectivity index (χ3v) is 6.26. The SMILES string of the molecule is COCCCn1ccc2nc3ccn(-c4n[nH]c(C5CCCCC5)n4)c(=O)c3cc2c1=O. The molecule has 5 rings (SSSR count). The van der Waals surface area contributed by atoms with Crippen molar-refractivity contribution in [1.82, 2.24) is 29.3 Å². The van der Waals surface area contributed by atoms with Crippen molar-refractivity contribution in [3.63, 3.8) is 0 Å². The molecule has 0 saturated heterocycles. The highest BCUT2D eigenvalue weighted by molar-refractivity contribution is 5.91. The van der Waals surface area contributed by atoms with E-state index in [0.29, 0.717) is 46.8 Å². The predicted octanol–water partition coefficient (Wildman–Crippen LogP) is 2.90. The lowest BCUT2D eigenvalue weighted by Gasteiger charge is -2.18. The van der Waals surface area contributed by atoms with Crippen molar-refractivity contribution in [3.8, 4) is 5.95 Å². The second-order valence-corrected chi connectivity index (χ2v) is 8.36. The number of H-pyrrole nitrogens is 1. The van der Waals surface area contributed by atoms with Gasteiger partial charge in [-0.15, -0.1) is 5.10 Å². The van der Waals surface area contributed by atoms with Crippen LogP contribution < -0.4 is 11.1 Å². The molecule has 1 aliphatic carbocycles. The molecule has 1 aliphatic rings. The first-order valence-corrected chi connectivity index (χ1v) is 11.1. The third kappa shape index (κ3) is 3.73. The summed E-state index contributed by atoms with van der Waals surface area (Å²) in [5.74, 6) is 1.52. The van der Waals surface area contributed by atoms with E-state index in [1.807, 2.05) is 0 Å². The van der Waals surface area contributed by atoms with Gasteiger partial charge in [-0.1, -0.05) is 19.3 Å². The molecule has 9 heteroatoms. The van der Waals surface area contributed by atoms with Gasteiger partial charge < -0.3 is 9.30 Å². The fraction of sp³-hybridized carbons (Fsp3) is 0.435. The fourth-order valence-electron chi connectivity index (χ4n) is 4.51. The average molecular weight is 435 g/mol. The largest absolute Gasteiger partial charge is 0.385 e. The molecule has 4 heterocycles. The lowest BCUT2D eigenvalue weighted by Crippen LogP contribution is -2.22. The summed E-state index contributed by atoms with van der Waals surface area (Å²) in [7, 11) is 1.64. The van der Waals surface area contributed by atoms with Crippen LogP contribution in [-0.2, 0) is 11.3 Å². The van der Waals surface area contributed by atoms with Crippen LogP contribution in [0, 0.1) is 0 Å². The van der Waals surface area contributed by atoms with E-state index in [4.69, 9.17) is 4.74 Å². The number of nitrogens with one attached hydrogen (secondary N) is 1. The minimum absolute atomic E-state index is 0.166. The van der Waals surface area contributed by atoms with Gasteiger partial charge in [0.2, 0.25) is 0 Å². The molecule has 4 aromatic rings. The molecule has 1 saturated carbocycles. The van der Waals surface area contributed by atoms with Crippen LogP contribution >= 0.6 is 0 Å². The lowest BCUT2D eigenvalue weighted by molar-refractivity contribution is 0.190. The molecule has 9 nitrogen and oxygen atoms in total. The number of ether oxygens (including phenoxy) is 1. The average Bonchev–Trinajstić information content (AvgIpc) is 3.31. The number of hydrogen-bond acceptors (Lipinski definition) is 6. The Hall–Kier alpha value is -3.33. The second kappa shape index (κ2) is 8.66. The van der Waals surface area contributed by atoms with Crippen molar-refractivity contribution in [2.24, 2.45) is 0 Å². The topological polar surface area (TPSA) is 108 Å². The zero-order valence-electron chi connectivity index (χ0n) is 18.1. The summed E-state index contributed by atoms with van der Waals surface area (Å²) in [5, 5.41) is 8.11. The number of pyridine rings is 3. The van der Waals surface area contributed by atoms with Gasteiger partial charge in [-0.25, -0.2) is 9.55 Å². The van der Waals surface area contributed by atoms with Gasteiger partial charge in [0.15, 0.2) is 0 Å². The van der Waals surface area contributed by atoms with Crippen molar-refractivity contribution in [1.29, 1.82) is 0 Å². The predicted molar refractivity (Wildman–Crippen MR) is 121 cm³/mol. The molecule has 166 valence electrons. The fourth-order valence-corrected chi connectivity index (χ4v) is 4.51. The normalized spacial score (nSPS) is 15.0. The summed E-state index contributed by atoms with van der Waals surface area (Å²) < 4.78 is 8.12. The molecule has 0 amide bonds. The van der Waals surface area contributed by atoms with Crippen LogP contribution in [0.5, 0.6) is 0 Å². The molecule has 0 radical (unpaired) electrons. The Balaban J connectivity index is 1.55. The van der Waals surface area contributed by atoms with Crippen molar-refractivity contribution in [2.75, 3.05) is 13.7 Å². The molecule has 4 aromatic heterocycles. The first-order chi connectivity index (χ1) is 15.7. The first kappa shape index (κ1) is 20.6. The standard InChI is InChI=1S/C23H26N6O3/c1-32-13-5-10-28-11-8-18-16(21(28)30)14-17-19(24-18)9-12-29(22(17)31)23-25-20(26-27-23)15-6-3-2-4-7-15/h8-9,11-12,14-15H,2-7,10,13H2,1H3,(H,25,26,27). The molecule has 0 aromatic carbocycles. The van der Waals surface area contributed by atoms with Gasteiger partial charge in [0.25, 0.3) is 17.1 Å². The second-order valence-electron chi connectivity index (χ2n) is 8.36. The summed E-state index contributed by atoms with van der Waals surface area (Å²) >= 11 is 0. The van der Waals surface area contributed by atoms with E-state index < -0.39 is 0 Å². The molecule has 0 spiro atoms. The van der Waals surface area contributed by atoms with Crippen LogP contribution in [0.3, 0.4) is 0 Å². The van der Waals surface area contributed by atoms with E-state index in [9.17, 15) is 9.59 Å². The first-order valence-electron chi connectivity index (χ1n) is 11.1. The van der Waals surface area contributed by atoms with Crippen LogP contribution in [0.1, 0.15) is 50.3 Å². The van der Waals surface area contributed by atoms with E-state index >= 15 is 0 Å². The number of fused-ring (bicyclic) bond motifs is 2. The number of aromatic nitrogens is 6. The van der Waals surface area contributed by atoms with Gasteiger partial charge in [0, 0.05) is 38.6 Å². The van der Waals surface area contributed by atoms with Gasteiger partial charge in [0.05, 0.1) is 21.8 Å². The molecule has 0 bridgehead atoms. The summed E-state index contributed by atoms with van der Waals surface area (Å²) in [6.45, 7) is 1.12. The molecule has 0 aliphatic heterocycles. The van der Waals surface area contributed by atoms with Crippen LogP contribution in [0.2, 0.25) is 0 Å². The summed E-state index contributed by atoms with van der Waals surface area (Å²) in [4.78, 5) is 35.4. The van der Waals surface area contributed by atoms with Crippen LogP contribution in [0.25, 0.3) is 27.8 Å². The monoisotopic (exact) mass is 434 g/mol. The Kier molecular flexibility index (Phi) is 5.57. The van der Waals surface area contributed by atoms with E-state index in [0.717, 1.165) is 25.1 Å². The maximum atomic E-state index is 13.3. The van der Waals surface area contributed by atoms with Crippen molar-refractivity contribution in [2.45, 2.75) is 51.0 Å². The maximum absolute atomic E-state index is 13.3. The maximum Gasteiger partial charge on any atom is 0.267 e. The number of aromatic amines is 1. The highest BCUT2D eigenvalue weighted by atomic mass is 16.5. The quantitative estimate of drug-likeness (QED) is 0.369. The molecule has 0 atom stereocenters. The Labute approximate surface area is 184 Å². The van der Waals surface area contributed by atoms with E-state index in [1.165, 1.54) is 23.8 Å². The smallest absolute Gasteiger partial charge is 0.267 e. The van der Waals surface area contributed by atoms with Gasteiger partial charge >= 0.3 is 0 Å². The van der Waals surface area contributed by atoms with Crippen molar-refractivity contribution < 1.29 is 4.74 Å². The molecule has 32 heavy (non-hydrogen) atoms. The van der Waals surface area contributed by atoms with Gasteiger partial charge in [-0.3, -0.25) is 14.7 Å². The Morgan fingerprint density at radius 1 is 1.03 bits per heavy atom. The zero-order valence-corrected chi connectivity index (χ0v) is 18.1. The van der Waals surface area contributed by atoms with Crippen molar-refractivity contribution >= 4 is 21.8 Å². The highest BCUT2D eigenvalue weighted by Gasteiger charge is 2.20. The Bertz CT molecular complexity index is 1380. The summed E-state index contributed by atoms with van der Waals surface area (Å²) in [6, 6.07) is 5.21. The number of nitrogens with zero attached hydrogens (tertiary/aromatic N) is 5. The molecule has 1 fully saturated rings. The summed E-state index contributed by atoms with van der Waals surface area (Å²) in [5.41, 5.74) is 0.652. The molecular formula is C23H26N6O3. The lowest BCUT2D eigenvalue weighted by atomic mass is 9.89. The van der Waals surface area contributed by atoms with Gasteiger partial charge in [-0.2, -0.15) is 4.98 Å². The van der Waals surface area contributed by atoms with Gasteiger partial charge in [-0.05, 0) is 37.5 Å². The van der Waals surface area contributed by atoms with Gasteiger partial charge in [0.1, 0.15) is 5.82 Å². The van der Waals surface area contributed by atoms with Crippen molar-refractivity contribution in [3.05, 3.63) is 57.1 Å². The minimum Gasteiger partial charge on any atom is -0.385 e. The van der Waals surface area contributed by atoms with E-state index in [2.05, 4.69) is 20.2 Å². The van der Waals surface area contributed by atoms with Crippen LogP contribution in [0.15, 0.2) is 40.2 Å².